The summed E-state index contributed by atoms with van der Waals surface area (Å²) >= 11 is 0. The van der Waals surface area contributed by atoms with E-state index in [1.807, 2.05) is 20.8 Å². The van der Waals surface area contributed by atoms with Crippen LogP contribution in [-0.4, -0.2) is 30.4 Å². The summed E-state index contributed by atoms with van der Waals surface area (Å²) in [7, 11) is 0. The number of amides is 1. The van der Waals surface area contributed by atoms with Crippen molar-refractivity contribution in [2.75, 3.05) is 6.61 Å². The molecule has 3 rings (SSSR count). The van der Waals surface area contributed by atoms with Crippen LogP contribution in [0.15, 0.2) is 24.3 Å². The van der Waals surface area contributed by atoms with Crippen LogP contribution in [0, 0.1) is 5.92 Å². The molecule has 4 heteroatoms. The van der Waals surface area contributed by atoms with Crippen molar-refractivity contribution >= 4 is 6.09 Å². The number of alkyl carbamates (subject to hydrolysis) is 1. The Morgan fingerprint density at radius 3 is 2.58 bits per heavy atom. The second kappa shape index (κ2) is 8.43. The van der Waals surface area contributed by atoms with Crippen LogP contribution >= 0.6 is 0 Å². The first-order chi connectivity index (χ1) is 12.4. The van der Waals surface area contributed by atoms with Gasteiger partial charge in [0, 0.05) is 0 Å². The van der Waals surface area contributed by atoms with Gasteiger partial charge in [-0.25, -0.2) is 4.79 Å². The average Bonchev–Trinajstić information content (AvgIpc) is 3.39. The van der Waals surface area contributed by atoms with Crippen molar-refractivity contribution < 1.29 is 14.3 Å². The third-order valence-corrected chi connectivity index (χ3v) is 5.21. The first kappa shape index (κ1) is 19.2. The zero-order valence-electron chi connectivity index (χ0n) is 16.4. The lowest BCUT2D eigenvalue weighted by atomic mass is 9.84. The number of rotatable bonds is 6. The molecule has 1 N–H and O–H groups in total. The van der Waals surface area contributed by atoms with Crippen LogP contribution in [0.4, 0.5) is 4.79 Å². The summed E-state index contributed by atoms with van der Waals surface area (Å²) in [6.45, 7) is 6.35. The molecule has 1 amide bonds. The van der Waals surface area contributed by atoms with Crippen molar-refractivity contribution in [1.82, 2.24) is 5.32 Å². The SMILES string of the molecule is CC(C)(C)OC(=O)N[C@@H](Cc1cccc(CC2CCCCC2)c1)[C@H]1CO1. The van der Waals surface area contributed by atoms with E-state index in [0.717, 1.165) is 12.3 Å². The molecule has 0 radical (unpaired) electrons. The predicted molar refractivity (Wildman–Crippen MR) is 103 cm³/mol. The fourth-order valence-electron chi connectivity index (χ4n) is 3.88. The predicted octanol–water partition coefficient (Wildman–Crippen LogP) is 4.64. The Bertz CT molecular complexity index is 598. The van der Waals surface area contributed by atoms with E-state index in [-0.39, 0.29) is 18.2 Å². The van der Waals surface area contributed by atoms with Crippen molar-refractivity contribution in [1.29, 1.82) is 0 Å². The van der Waals surface area contributed by atoms with E-state index in [9.17, 15) is 4.79 Å². The maximum Gasteiger partial charge on any atom is 0.407 e. The van der Waals surface area contributed by atoms with Crippen molar-refractivity contribution in [3.63, 3.8) is 0 Å². The van der Waals surface area contributed by atoms with Crippen LogP contribution in [0.2, 0.25) is 0 Å². The molecule has 1 aromatic carbocycles. The van der Waals surface area contributed by atoms with Crippen LogP contribution in [-0.2, 0) is 22.3 Å². The van der Waals surface area contributed by atoms with Gasteiger partial charge in [0.2, 0.25) is 0 Å². The van der Waals surface area contributed by atoms with Crippen molar-refractivity contribution in [3.05, 3.63) is 35.4 Å². The second-order valence-electron chi connectivity index (χ2n) is 8.86. The molecule has 144 valence electrons. The van der Waals surface area contributed by atoms with Crippen LogP contribution in [0.3, 0.4) is 0 Å². The van der Waals surface area contributed by atoms with Crippen LogP contribution in [0.25, 0.3) is 0 Å². The largest absolute Gasteiger partial charge is 0.444 e. The molecule has 1 aliphatic carbocycles. The van der Waals surface area contributed by atoms with Gasteiger partial charge in [0.25, 0.3) is 0 Å². The first-order valence-corrected chi connectivity index (χ1v) is 10.1. The van der Waals surface area contributed by atoms with Gasteiger partial charge in [0.05, 0.1) is 12.6 Å². The molecule has 2 fully saturated rings. The molecule has 0 unspecified atom stereocenters. The highest BCUT2D eigenvalue weighted by molar-refractivity contribution is 5.68. The number of carbonyl (C=O) groups excluding carboxylic acids is 1. The van der Waals surface area contributed by atoms with E-state index in [2.05, 4.69) is 29.6 Å². The lowest BCUT2D eigenvalue weighted by molar-refractivity contribution is 0.0495. The zero-order chi connectivity index (χ0) is 18.6. The second-order valence-corrected chi connectivity index (χ2v) is 8.86. The highest BCUT2D eigenvalue weighted by Crippen LogP contribution is 2.27. The fraction of sp³-hybridized carbons (Fsp3) is 0.682. The van der Waals surface area contributed by atoms with E-state index < -0.39 is 5.60 Å². The number of nitrogens with one attached hydrogen (secondary N) is 1. The van der Waals surface area contributed by atoms with Gasteiger partial charge < -0.3 is 14.8 Å². The lowest BCUT2D eigenvalue weighted by Crippen LogP contribution is -2.43. The molecule has 0 spiro atoms. The smallest absolute Gasteiger partial charge is 0.407 e. The summed E-state index contributed by atoms with van der Waals surface area (Å²) in [5.74, 6) is 0.835. The number of carbonyl (C=O) groups is 1. The lowest BCUT2D eigenvalue weighted by Gasteiger charge is -2.23. The molecule has 0 bridgehead atoms. The minimum atomic E-state index is -0.487. The molecule has 1 saturated carbocycles. The summed E-state index contributed by atoms with van der Waals surface area (Å²) in [6, 6.07) is 8.81. The highest BCUT2D eigenvalue weighted by Gasteiger charge is 2.35. The Morgan fingerprint density at radius 1 is 1.23 bits per heavy atom. The van der Waals surface area contributed by atoms with Crippen molar-refractivity contribution in [2.45, 2.75) is 83.5 Å². The van der Waals surface area contributed by atoms with Crippen LogP contribution in [0.1, 0.15) is 64.0 Å². The van der Waals surface area contributed by atoms with E-state index in [1.54, 1.807) is 0 Å². The Balaban J connectivity index is 1.58. The molecule has 1 saturated heterocycles. The summed E-state index contributed by atoms with van der Waals surface area (Å²) in [5.41, 5.74) is 2.19. The Hall–Kier alpha value is -1.55. The third kappa shape index (κ3) is 6.31. The highest BCUT2D eigenvalue weighted by atomic mass is 16.6. The molecule has 1 aliphatic heterocycles. The number of benzene rings is 1. The molecule has 4 nitrogen and oxygen atoms in total. The van der Waals surface area contributed by atoms with Gasteiger partial charge in [-0.15, -0.1) is 0 Å². The van der Waals surface area contributed by atoms with Gasteiger partial charge in [-0.3, -0.25) is 0 Å². The molecule has 1 aromatic rings. The monoisotopic (exact) mass is 359 g/mol. The molecular weight excluding hydrogens is 326 g/mol. The maximum absolute atomic E-state index is 12.1. The van der Waals surface area contributed by atoms with Crippen LogP contribution in [0.5, 0.6) is 0 Å². The molecule has 1 heterocycles. The van der Waals surface area contributed by atoms with Gasteiger partial charge in [-0.05, 0) is 50.7 Å². The summed E-state index contributed by atoms with van der Waals surface area (Å²) < 4.78 is 10.9. The minimum Gasteiger partial charge on any atom is -0.444 e. The van der Waals surface area contributed by atoms with Crippen molar-refractivity contribution in [2.24, 2.45) is 5.92 Å². The van der Waals surface area contributed by atoms with E-state index >= 15 is 0 Å². The Kier molecular flexibility index (Phi) is 6.23. The van der Waals surface area contributed by atoms with E-state index in [4.69, 9.17) is 9.47 Å². The van der Waals surface area contributed by atoms with Crippen LogP contribution < -0.4 is 5.32 Å². The number of epoxide rings is 1. The summed E-state index contributed by atoms with van der Waals surface area (Å²) in [5, 5.41) is 3.00. The number of hydrogen-bond acceptors (Lipinski definition) is 3. The Labute approximate surface area is 157 Å². The van der Waals surface area contributed by atoms with Gasteiger partial charge in [-0.1, -0.05) is 56.4 Å². The van der Waals surface area contributed by atoms with Gasteiger partial charge >= 0.3 is 6.09 Å². The average molecular weight is 360 g/mol. The minimum absolute atomic E-state index is 0.0326. The fourth-order valence-corrected chi connectivity index (χ4v) is 3.88. The quantitative estimate of drug-likeness (QED) is 0.753. The summed E-state index contributed by atoms with van der Waals surface area (Å²) in [6.07, 6.45) is 8.58. The number of hydrogen-bond donors (Lipinski definition) is 1. The zero-order valence-corrected chi connectivity index (χ0v) is 16.4. The number of ether oxygens (including phenoxy) is 2. The maximum atomic E-state index is 12.1. The van der Waals surface area contributed by atoms with Gasteiger partial charge in [0.15, 0.2) is 0 Å². The standard InChI is InChI=1S/C22H33NO3/c1-22(2,3)26-21(24)23-19(20-15-25-20)14-18-11-7-10-17(13-18)12-16-8-5-4-6-9-16/h7,10-11,13,16,19-20H,4-6,8-9,12,14-15H2,1-3H3,(H,23,24)/t19-,20+/m0/s1. The summed E-state index contributed by atoms with van der Waals surface area (Å²) in [4.78, 5) is 12.1. The molecular formula is C22H33NO3. The topological polar surface area (TPSA) is 50.9 Å². The molecule has 0 aromatic heterocycles. The van der Waals surface area contributed by atoms with E-state index in [0.29, 0.717) is 6.61 Å². The molecule has 2 atom stereocenters. The normalized spacial score (nSPS) is 21.9. The third-order valence-electron chi connectivity index (χ3n) is 5.21. The van der Waals surface area contributed by atoms with Gasteiger partial charge in [0.1, 0.15) is 11.7 Å². The van der Waals surface area contributed by atoms with E-state index in [1.165, 1.54) is 49.7 Å². The molecule has 2 aliphatic rings. The van der Waals surface area contributed by atoms with Crippen molar-refractivity contribution in [3.8, 4) is 0 Å². The Morgan fingerprint density at radius 2 is 1.92 bits per heavy atom. The van der Waals surface area contributed by atoms with Gasteiger partial charge in [-0.2, -0.15) is 0 Å². The first-order valence-electron chi connectivity index (χ1n) is 10.1. The molecule has 26 heavy (non-hydrogen) atoms.